The molecule has 3 aliphatic rings. The van der Waals surface area contributed by atoms with Crippen LogP contribution >= 0.6 is 0 Å². The molecule has 2 bridgehead atoms. The molecule has 14 heteroatoms. The second kappa shape index (κ2) is 16.7. The average molecular weight is 711 g/mol. The van der Waals surface area contributed by atoms with Gasteiger partial charge in [-0.15, -0.1) is 0 Å². The number of carbonyl (C=O) groups excluding carboxylic acids is 4. The summed E-state index contributed by atoms with van der Waals surface area (Å²) in [5, 5.41) is 20.1. The molecule has 4 N–H and O–H groups in total. The van der Waals surface area contributed by atoms with Crippen LogP contribution in [-0.4, -0.2) is 68.3 Å². The predicted octanol–water partition coefficient (Wildman–Crippen LogP) is 3.09. The third-order valence-corrected chi connectivity index (χ3v) is 9.09. The van der Waals surface area contributed by atoms with Crippen LogP contribution in [-0.2, 0) is 40.2 Å². The van der Waals surface area contributed by atoms with Gasteiger partial charge in [0.15, 0.2) is 11.6 Å². The first-order chi connectivity index (χ1) is 25.1. The van der Waals surface area contributed by atoms with Gasteiger partial charge < -0.3 is 30.5 Å². The van der Waals surface area contributed by atoms with Gasteiger partial charge in [0.25, 0.3) is 5.91 Å². The largest absolute Gasteiger partial charge is 0.491 e. The van der Waals surface area contributed by atoms with Crippen LogP contribution in [0.5, 0.6) is 5.75 Å². The topological polar surface area (TPSA) is 182 Å². The molecule has 52 heavy (non-hydrogen) atoms. The van der Waals surface area contributed by atoms with Crippen molar-refractivity contribution in [3.05, 3.63) is 95.4 Å². The van der Waals surface area contributed by atoms with Crippen LogP contribution in [0.2, 0.25) is 0 Å². The number of hydrogen-bond donors (Lipinski definition) is 4. The summed E-state index contributed by atoms with van der Waals surface area (Å²) in [5.41, 5.74) is 1.69. The van der Waals surface area contributed by atoms with E-state index < -0.39 is 35.8 Å². The Hall–Kier alpha value is -5.53. The first-order valence-electron chi connectivity index (χ1n) is 17.9. The zero-order valence-electron chi connectivity index (χ0n) is 29.7. The maximum atomic E-state index is 13.9. The monoisotopic (exact) mass is 710 g/mol. The second-order valence-electron chi connectivity index (χ2n) is 14.1. The molecule has 274 valence electrons. The maximum Gasteiger partial charge on any atom is 0.290 e. The Morgan fingerprint density at radius 2 is 1.73 bits per heavy atom. The molecule has 1 fully saturated rings. The molecule has 4 heterocycles. The van der Waals surface area contributed by atoms with Crippen molar-refractivity contribution >= 4 is 23.6 Å². The van der Waals surface area contributed by atoms with Crippen molar-refractivity contribution in [3.8, 4) is 5.75 Å². The minimum absolute atomic E-state index is 0.0502. The van der Waals surface area contributed by atoms with E-state index in [-0.39, 0.29) is 43.2 Å². The zero-order valence-corrected chi connectivity index (χ0v) is 29.7. The van der Waals surface area contributed by atoms with E-state index in [0.29, 0.717) is 42.6 Å². The third kappa shape index (κ3) is 10.0. The minimum Gasteiger partial charge on any atom is -0.491 e. The van der Waals surface area contributed by atoms with Crippen molar-refractivity contribution in [3.63, 3.8) is 0 Å². The number of carbonyl (C=O) groups is 4. The van der Waals surface area contributed by atoms with Crippen molar-refractivity contribution in [2.75, 3.05) is 6.61 Å². The zero-order chi connectivity index (χ0) is 36.6. The quantitative estimate of drug-likeness (QED) is 0.214. The van der Waals surface area contributed by atoms with Crippen LogP contribution in [0.4, 0.5) is 0 Å². The van der Waals surface area contributed by atoms with Gasteiger partial charge in [0.05, 0.1) is 18.3 Å². The highest BCUT2D eigenvalue weighted by Gasteiger charge is 2.31. The van der Waals surface area contributed by atoms with Crippen LogP contribution < -0.4 is 26.0 Å². The van der Waals surface area contributed by atoms with E-state index in [1.165, 1.54) is 12.3 Å². The highest BCUT2D eigenvalue weighted by molar-refractivity contribution is 5.96. The van der Waals surface area contributed by atoms with Crippen molar-refractivity contribution in [2.45, 2.75) is 90.0 Å². The molecule has 0 spiro atoms. The number of benzene rings is 2. The Morgan fingerprint density at radius 1 is 0.962 bits per heavy atom. The van der Waals surface area contributed by atoms with E-state index in [1.54, 1.807) is 35.9 Å². The fourth-order valence-electron chi connectivity index (χ4n) is 6.25. The number of nitrogens with one attached hydrogen (secondary N) is 4. The highest BCUT2D eigenvalue weighted by atomic mass is 16.5. The van der Waals surface area contributed by atoms with Crippen LogP contribution in [0.3, 0.4) is 0 Å². The third-order valence-electron chi connectivity index (χ3n) is 9.09. The Balaban J connectivity index is 1.33. The van der Waals surface area contributed by atoms with Crippen LogP contribution in [0.25, 0.3) is 0 Å². The number of ether oxygens (including phenoxy) is 1. The molecule has 4 amide bonds. The van der Waals surface area contributed by atoms with Gasteiger partial charge in [-0.1, -0.05) is 61.5 Å². The summed E-state index contributed by atoms with van der Waals surface area (Å²) in [4.78, 5) is 59.2. The molecular formula is C38H46N8O6. The number of amides is 4. The molecule has 2 aliphatic heterocycles. The van der Waals surface area contributed by atoms with Crippen LogP contribution in [0.15, 0.2) is 71.4 Å². The number of nitrogens with zero attached hydrogens (tertiary/aromatic N) is 4. The van der Waals surface area contributed by atoms with E-state index in [4.69, 9.17) is 19.3 Å². The molecule has 0 unspecified atom stereocenters. The van der Waals surface area contributed by atoms with Crippen LogP contribution in [0, 0.1) is 11.8 Å². The summed E-state index contributed by atoms with van der Waals surface area (Å²) < 4.78 is 12.7. The number of hydrogen-bond acceptors (Lipinski definition) is 9. The summed E-state index contributed by atoms with van der Waals surface area (Å²) in [6.07, 6.45) is 5.40. The molecule has 14 nitrogen and oxygen atoms in total. The van der Waals surface area contributed by atoms with Gasteiger partial charge in [-0.3, -0.25) is 19.2 Å². The van der Waals surface area contributed by atoms with Gasteiger partial charge >= 0.3 is 0 Å². The maximum absolute atomic E-state index is 13.9. The molecule has 7 rings (SSSR count). The Labute approximate surface area is 302 Å². The van der Waals surface area contributed by atoms with E-state index in [0.717, 1.165) is 24.0 Å². The van der Waals surface area contributed by atoms with E-state index in [2.05, 4.69) is 40.3 Å². The minimum atomic E-state index is -1.05. The lowest BCUT2D eigenvalue weighted by atomic mass is 10.0. The number of fused-ring (bicyclic) bond motifs is 14. The first-order valence-corrected chi connectivity index (χ1v) is 17.9. The smallest absolute Gasteiger partial charge is 0.290 e. The van der Waals surface area contributed by atoms with Gasteiger partial charge in [-0.25, -0.2) is 9.67 Å². The SMILES string of the molecule is CC(C)C[C@H]1COc2ccc(cc2)C[C@H](NC(=O)c2ccno2)C(=O)N[C@H](C)C(=O)N[C@H](Cc2ccccc2)c2nc(CC3CC3)nn2CC(=O)N1. The highest BCUT2D eigenvalue weighted by Crippen LogP contribution is 2.32. The lowest BCUT2D eigenvalue weighted by molar-refractivity contribution is -0.130. The van der Waals surface area contributed by atoms with E-state index >= 15 is 0 Å². The lowest BCUT2D eigenvalue weighted by Crippen LogP contribution is -2.54. The summed E-state index contributed by atoms with van der Waals surface area (Å²) in [6, 6.07) is 15.2. The van der Waals surface area contributed by atoms with Crippen molar-refractivity contribution in [2.24, 2.45) is 11.8 Å². The molecule has 2 aromatic heterocycles. The van der Waals surface area contributed by atoms with Crippen molar-refractivity contribution < 1.29 is 28.4 Å². The molecule has 4 atom stereocenters. The Morgan fingerprint density at radius 3 is 2.42 bits per heavy atom. The number of aromatic nitrogens is 4. The predicted molar refractivity (Wildman–Crippen MR) is 190 cm³/mol. The second-order valence-corrected chi connectivity index (χ2v) is 14.1. The lowest BCUT2D eigenvalue weighted by Gasteiger charge is -2.25. The summed E-state index contributed by atoms with van der Waals surface area (Å²) >= 11 is 0. The molecule has 0 radical (unpaired) electrons. The summed E-state index contributed by atoms with van der Waals surface area (Å²) in [7, 11) is 0. The first kappa shape index (κ1) is 36.3. The Kier molecular flexibility index (Phi) is 11.6. The molecule has 4 aromatic rings. The standard InChI is InChI=1S/C38H46N8O6/c1-23(2)17-28-22-51-29-13-11-26(12-14-29)19-31(43-38(50)32-15-16-39-52-32)37(49)40-24(3)36(48)42-30(18-25-7-5-4-6-8-25)35-44-33(20-27-9-10-27)45-46(35)21-34(47)41-28/h4-8,11-16,23-24,27-28,30-31H,9-10,17-22H2,1-3H3,(H,40,49)(H,41,47)(H,42,48)(H,43,50)/t24-,28+,30-,31+/m1/s1. The fraction of sp³-hybridized carbons (Fsp3) is 0.447. The average Bonchev–Trinajstić information content (AvgIpc) is 3.58. The molecule has 2 aromatic carbocycles. The molecule has 1 aliphatic carbocycles. The van der Waals surface area contributed by atoms with Gasteiger partial charge in [-0.05, 0) is 67.7 Å². The summed E-state index contributed by atoms with van der Waals surface area (Å²) in [6.45, 7) is 5.89. The van der Waals surface area contributed by atoms with E-state index in [9.17, 15) is 19.2 Å². The van der Waals surface area contributed by atoms with Gasteiger partial charge in [0, 0.05) is 18.9 Å². The molecular weight excluding hydrogens is 664 g/mol. The molecule has 0 saturated heterocycles. The fourth-order valence-corrected chi connectivity index (χ4v) is 6.25. The summed E-state index contributed by atoms with van der Waals surface area (Å²) in [5.74, 6) is 0.498. The van der Waals surface area contributed by atoms with Crippen LogP contribution in [0.1, 0.15) is 79.4 Å². The van der Waals surface area contributed by atoms with Gasteiger partial charge in [0.2, 0.25) is 23.5 Å². The normalized spacial score (nSPS) is 21.7. The Bertz CT molecular complexity index is 1820. The van der Waals surface area contributed by atoms with Crippen molar-refractivity contribution in [1.82, 2.24) is 41.2 Å². The number of rotatable bonds is 8. The van der Waals surface area contributed by atoms with Gasteiger partial charge in [0.1, 0.15) is 31.0 Å². The molecule has 1 saturated carbocycles. The van der Waals surface area contributed by atoms with E-state index in [1.807, 2.05) is 30.3 Å². The van der Waals surface area contributed by atoms with Crippen molar-refractivity contribution in [1.29, 1.82) is 0 Å². The van der Waals surface area contributed by atoms with Gasteiger partial charge in [-0.2, -0.15) is 5.10 Å².